The normalized spacial score (nSPS) is 11.2. The summed E-state index contributed by atoms with van der Waals surface area (Å²) in [4.78, 5) is 0. The molecule has 0 heterocycles. The van der Waals surface area contributed by atoms with Gasteiger partial charge in [0.2, 0.25) is 0 Å². The zero-order chi connectivity index (χ0) is 9.45. The predicted octanol–water partition coefficient (Wildman–Crippen LogP) is 2.28. The quantitative estimate of drug-likeness (QED) is 0.366. The molecule has 0 aliphatic heterocycles. The summed E-state index contributed by atoms with van der Waals surface area (Å²) in [5.74, 6) is 0. The van der Waals surface area contributed by atoms with Gasteiger partial charge in [-0.15, -0.1) is 0 Å². The molecule has 0 spiro atoms. The molecule has 0 rings (SSSR count). The Bertz CT molecular complexity index is 123. The van der Waals surface area contributed by atoms with Gasteiger partial charge in [0.05, 0.1) is 0 Å². The molecule has 0 unspecified atom stereocenters. The molecule has 0 bridgehead atoms. The third kappa shape index (κ3) is 4.93. The molecule has 12 heavy (non-hydrogen) atoms. The van der Waals surface area contributed by atoms with Crippen LogP contribution in [-0.4, -0.2) is 20.8 Å². The van der Waals surface area contributed by atoms with Crippen LogP contribution in [0.2, 0.25) is 9.95 Å². The second kappa shape index (κ2) is 6.66. The van der Waals surface area contributed by atoms with Gasteiger partial charge in [-0.05, 0) is 0 Å². The Morgan fingerprint density at radius 1 is 1.33 bits per heavy atom. The Kier molecular flexibility index (Phi) is 6.76. The maximum absolute atomic E-state index is 5.35. The van der Waals surface area contributed by atoms with Gasteiger partial charge in [0, 0.05) is 0 Å². The Labute approximate surface area is 79.0 Å². The van der Waals surface area contributed by atoms with E-state index in [1.807, 2.05) is 0 Å². The molecule has 3 nitrogen and oxygen atoms in total. The monoisotopic (exact) mass is 210 g/mol. The molecule has 0 aromatic rings. The van der Waals surface area contributed by atoms with Gasteiger partial charge >= 0.3 is 78.8 Å². The number of rotatable bonds is 7. The van der Waals surface area contributed by atoms with Gasteiger partial charge in [0.25, 0.3) is 0 Å². The van der Waals surface area contributed by atoms with E-state index in [4.69, 9.17) is 11.4 Å². The first-order valence-corrected chi connectivity index (χ1v) is 7.95. The van der Waals surface area contributed by atoms with Crippen LogP contribution in [0.15, 0.2) is 12.8 Å². The molecule has 0 saturated carbocycles. The van der Waals surface area contributed by atoms with Crippen LogP contribution < -0.4 is 0 Å². The standard InChI is InChI=1S/C5H9O.2CH3O.CH3.Ti/c1-3-5-6-4-2;2*1-2;;/h4H,1-3,5H2;2*1H3;1H3;/q;2*-1;;+2. The van der Waals surface area contributed by atoms with Crippen molar-refractivity contribution in [2.75, 3.05) is 20.8 Å². The average Bonchev–Trinajstić information content (AvgIpc) is 2.12. The Hall–Kier alpha value is 0.174. The zero-order valence-corrected chi connectivity index (χ0v) is 9.69. The minimum atomic E-state index is -2.34. The molecule has 4 heteroatoms. The van der Waals surface area contributed by atoms with E-state index < -0.39 is 17.4 Å². The van der Waals surface area contributed by atoms with Crippen LogP contribution in [0.1, 0.15) is 6.42 Å². The summed E-state index contributed by atoms with van der Waals surface area (Å²) in [6.07, 6.45) is 2.44. The van der Waals surface area contributed by atoms with Crippen molar-refractivity contribution in [1.29, 1.82) is 0 Å². The van der Waals surface area contributed by atoms with Crippen LogP contribution in [0.4, 0.5) is 0 Å². The third-order valence-electron chi connectivity index (χ3n) is 1.87. The van der Waals surface area contributed by atoms with Crippen molar-refractivity contribution in [2.24, 2.45) is 0 Å². The Morgan fingerprint density at radius 3 is 2.33 bits per heavy atom. The molecular weight excluding hydrogens is 192 g/mol. The van der Waals surface area contributed by atoms with Gasteiger partial charge in [0.1, 0.15) is 0 Å². The molecule has 0 aliphatic carbocycles. The van der Waals surface area contributed by atoms with Crippen molar-refractivity contribution < 1.29 is 28.7 Å². The van der Waals surface area contributed by atoms with Crippen LogP contribution >= 0.6 is 0 Å². The van der Waals surface area contributed by atoms with Crippen molar-refractivity contribution in [3.63, 3.8) is 0 Å². The minimum absolute atomic E-state index is 0.705. The molecule has 0 fully saturated rings. The molecule has 0 aromatic heterocycles. The molecule has 0 aromatic carbocycles. The summed E-state index contributed by atoms with van der Waals surface area (Å²) in [6.45, 7) is 4.17. The van der Waals surface area contributed by atoms with Crippen molar-refractivity contribution >= 4 is 0 Å². The summed E-state index contributed by atoms with van der Waals surface area (Å²) in [7, 11) is 3.44. The average molecular weight is 210 g/mol. The van der Waals surface area contributed by atoms with E-state index in [-0.39, 0.29) is 0 Å². The van der Waals surface area contributed by atoms with Gasteiger partial charge in [0.15, 0.2) is 0 Å². The SMILES string of the molecule is C=COCC[CH2][Ti]([CH3])([O]C)[O]C. The maximum atomic E-state index is 5.35. The molecule has 72 valence electrons. The van der Waals surface area contributed by atoms with Crippen LogP contribution in [0.3, 0.4) is 0 Å². The summed E-state index contributed by atoms with van der Waals surface area (Å²) >= 11 is -2.34. The van der Waals surface area contributed by atoms with Crippen molar-refractivity contribution in [3.05, 3.63) is 12.8 Å². The van der Waals surface area contributed by atoms with Crippen LogP contribution in [0.5, 0.6) is 0 Å². The molecule has 0 atom stereocenters. The fourth-order valence-corrected chi connectivity index (χ4v) is 2.97. The second-order valence-corrected chi connectivity index (χ2v) is 8.28. The van der Waals surface area contributed by atoms with Gasteiger partial charge in [-0.1, -0.05) is 0 Å². The molecule has 0 saturated heterocycles. The third-order valence-corrected chi connectivity index (χ3v) is 6.54. The van der Waals surface area contributed by atoms with Gasteiger partial charge in [-0.3, -0.25) is 0 Å². The molecular formula is C8H18O3Ti. The first-order chi connectivity index (χ1) is 5.68. The fraction of sp³-hybridized carbons (Fsp3) is 0.750. The summed E-state index contributed by atoms with van der Waals surface area (Å²) < 4.78 is 16.7. The van der Waals surface area contributed by atoms with E-state index >= 15 is 0 Å². The van der Waals surface area contributed by atoms with E-state index in [9.17, 15) is 0 Å². The van der Waals surface area contributed by atoms with Crippen LogP contribution in [0.25, 0.3) is 0 Å². The van der Waals surface area contributed by atoms with E-state index in [1.165, 1.54) is 6.26 Å². The zero-order valence-electron chi connectivity index (χ0n) is 8.13. The second-order valence-electron chi connectivity index (χ2n) is 2.68. The Morgan fingerprint density at radius 2 is 1.92 bits per heavy atom. The van der Waals surface area contributed by atoms with Crippen molar-refractivity contribution in [1.82, 2.24) is 0 Å². The van der Waals surface area contributed by atoms with Crippen molar-refractivity contribution in [3.8, 4) is 0 Å². The first-order valence-electron chi connectivity index (χ1n) is 4.01. The van der Waals surface area contributed by atoms with Crippen LogP contribution in [0, 0.1) is 0 Å². The molecule has 0 aliphatic rings. The topological polar surface area (TPSA) is 27.7 Å². The van der Waals surface area contributed by atoms with E-state index in [1.54, 1.807) is 14.2 Å². The Balaban J connectivity index is 3.51. The predicted molar refractivity (Wildman–Crippen MR) is 45.5 cm³/mol. The summed E-state index contributed by atoms with van der Waals surface area (Å²) in [6, 6.07) is 0. The van der Waals surface area contributed by atoms with Gasteiger partial charge in [-0.25, -0.2) is 0 Å². The van der Waals surface area contributed by atoms with E-state index in [0.717, 1.165) is 11.1 Å². The number of hydrogen-bond donors (Lipinski definition) is 0. The van der Waals surface area contributed by atoms with Crippen molar-refractivity contribution in [2.45, 2.75) is 16.4 Å². The first kappa shape index (κ1) is 12.2. The molecule has 0 amide bonds. The van der Waals surface area contributed by atoms with Gasteiger partial charge < -0.3 is 0 Å². The summed E-state index contributed by atoms with van der Waals surface area (Å²) in [5.41, 5.74) is 0. The van der Waals surface area contributed by atoms with E-state index in [2.05, 4.69) is 11.8 Å². The fourth-order valence-electron chi connectivity index (χ4n) is 0.847. The molecule has 0 radical (unpaired) electrons. The number of hydrogen-bond acceptors (Lipinski definition) is 3. The van der Waals surface area contributed by atoms with Gasteiger partial charge in [-0.2, -0.15) is 0 Å². The van der Waals surface area contributed by atoms with E-state index in [0.29, 0.717) is 6.61 Å². The summed E-state index contributed by atoms with van der Waals surface area (Å²) in [5, 5.41) is 2.09. The number of ether oxygens (including phenoxy) is 1. The molecule has 0 N–H and O–H groups in total. The van der Waals surface area contributed by atoms with Crippen LogP contribution in [-0.2, 0) is 28.7 Å².